The quantitative estimate of drug-likeness (QED) is 0.353. The molecule has 0 saturated heterocycles. The molecule has 1 N–H and O–H groups in total. The molecule has 3 aliphatic rings. The molecule has 3 fully saturated rings. The molecule has 3 saturated carbocycles. The fourth-order valence-electron chi connectivity index (χ4n) is 6.53. The highest BCUT2D eigenvalue weighted by Gasteiger charge is 2.56. The molecule has 0 heterocycles. The van der Waals surface area contributed by atoms with Crippen molar-refractivity contribution < 1.29 is 41.0 Å². The van der Waals surface area contributed by atoms with Crippen LogP contribution in [0.1, 0.15) is 69.9 Å². The third-order valence-corrected chi connectivity index (χ3v) is 9.06. The third kappa shape index (κ3) is 5.58. The van der Waals surface area contributed by atoms with Crippen molar-refractivity contribution in [2.24, 2.45) is 17.3 Å². The second-order valence-electron chi connectivity index (χ2n) is 12.0. The lowest BCUT2D eigenvalue weighted by atomic mass is 9.58. The largest absolute Gasteiger partial charge is 0.490 e. The Bertz CT molecular complexity index is 1230. The molecular weight excluding hydrogens is 524 g/mol. The van der Waals surface area contributed by atoms with Crippen LogP contribution in [0.15, 0.2) is 30.3 Å². The number of hydrogen-bond acceptors (Lipinski definition) is 3. The third-order valence-electron chi connectivity index (χ3n) is 9.06. The molecule has 5 rings (SSSR count). The van der Waals surface area contributed by atoms with E-state index in [4.69, 9.17) is 4.74 Å². The van der Waals surface area contributed by atoms with Crippen molar-refractivity contribution in [2.45, 2.75) is 95.9 Å². The molecule has 0 radical (unpaired) electrons. The minimum atomic E-state index is -4.71. The standard InChI is InChI=1S/C29H33F6NO3/c1-27(2)22(26(37)38)14-24(27)36(19-7-8-19)15-16-3-11-21-17(13-16)4-12-23(25(21)29(33,34)35)39-20-9-5-18(6-10-20)28(30,31)32/h3-4,11-13,18-20,22,24H,5-10,14-15H2,1-2H3,(H,37,38)/t18-,20+,22?,24?. The first-order valence-electron chi connectivity index (χ1n) is 13.5. The van der Waals surface area contributed by atoms with Gasteiger partial charge in [-0.2, -0.15) is 26.3 Å². The van der Waals surface area contributed by atoms with Gasteiger partial charge in [-0.25, -0.2) is 0 Å². The zero-order chi connectivity index (χ0) is 28.3. The average Bonchev–Trinajstić information content (AvgIpc) is 3.67. The van der Waals surface area contributed by atoms with Gasteiger partial charge in [-0.15, -0.1) is 0 Å². The molecule has 0 bridgehead atoms. The Labute approximate surface area is 223 Å². The number of halogens is 6. The minimum Gasteiger partial charge on any atom is -0.490 e. The van der Waals surface area contributed by atoms with Crippen LogP contribution in [0.3, 0.4) is 0 Å². The first-order valence-corrected chi connectivity index (χ1v) is 13.5. The Morgan fingerprint density at radius 3 is 2.21 bits per heavy atom. The van der Waals surface area contributed by atoms with Crippen LogP contribution in [0, 0.1) is 17.3 Å². The van der Waals surface area contributed by atoms with Gasteiger partial charge < -0.3 is 9.84 Å². The summed E-state index contributed by atoms with van der Waals surface area (Å²) in [7, 11) is 0. The van der Waals surface area contributed by atoms with Crippen LogP contribution >= 0.6 is 0 Å². The lowest BCUT2D eigenvalue weighted by Crippen LogP contribution is -2.60. The highest BCUT2D eigenvalue weighted by atomic mass is 19.4. The summed E-state index contributed by atoms with van der Waals surface area (Å²) in [4.78, 5) is 13.9. The van der Waals surface area contributed by atoms with Crippen molar-refractivity contribution in [3.05, 3.63) is 41.5 Å². The van der Waals surface area contributed by atoms with E-state index in [2.05, 4.69) is 4.90 Å². The highest BCUT2D eigenvalue weighted by molar-refractivity contribution is 5.89. The number of carboxylic acid groups (broad SMARTS) is 1. The minimum absolute atomic E-state index is 0.0133. The Balaban J connectivity index is 1.37. The molecule has 10 heteroatoms. The molecule has 2 atom stereocenters. The number of benzene rings is 2. The van der Waals surface area contributed by atoms with Gasteiger partial charge in [0.2, 0.25) is 0 Å². The Morgan fingerprint density at radius 1 is 1.00 bits per heavy atom. The van der Waals surface area contributed by atoms with Crippen molar-refractivity contribution >= 4 is 16.7 Å². The molecule has 0 spiro atoms. The van der Waals surface area contributed by atoms with E-state index in [-0.39, 0.29) is 42.9 Å². The van der Waals surface area contributed by atoms with E-state index in [1.165, 1.54) is 12.1 Å². The van der Waals surface area contributed by atoms with Gasteiger partial charge in [0.1, 0.15) is 11.3 Å². The number of carbonyl (C=O) groups is 1. The van der Waals surface area contributed by atoms with E-state index in [1.807, 2.05) is 13.8 Å². The van der Waals surface area contributed by atoms with Crippen molar-refractivity contribution in [2.75, 3.05) is 0 Å². The topological polar surface area (TPSA) is 49.8 Å². The van der Waals surface area contributed by atoms with E-state index in [9.17, 15) is 36.2 Å². The van der Waals surface area contributed by atoms with Crippen molar-refractivity contribution in [3.8, 4) is 5.75 Å². The summed E-state index contributed by atoms with van der Waals surface area (Å²) in [5.41, 5.74) is -0.468. The van der Waals surface area contributed by atoms with Crippen LogP contribution < -0.4 is 4.74 Å². The highest BCUT2D eigenvalue weighted by Crippen LogP contribution is 2.52. The molecule has 0 amide bonds. The maximum absolute atomic E-state index is 14.2. The number of ether oxygens (including phenoxy) is 1. The number of aliphatic carboxylic acids is 1. The summed E-state index contributed by atoms with van der Waals surface area (Å²) in [6.45, 7) is 4.44. The van der Waals surface area contributed by atoms with Gasteiger partial charge in [0, 0.05) is 18.6 Å². The van der Waals surface area contributed by atoms with Gasteiger partial charge in [0.15, 0.2) is 0 Å². The molecule has 4 nitrogen and oxygen atoms in total. The first kappa shape index (κ1) is 28.1. The molecule has 2 unspecified atom stereocenters. The molecule has 2 aromatic rings. The van der Waals surface area contributed by atoms with Gasteiger partial charge in [-0.3, -0.25) is 9.69 Å². The number of rotatable bonds is 7. The number of carboxylic acids is 1. The molecule has 39 heavy (non-hydrogen) atoms. The van der Waals surface area contributed by atoms with Gasteiger partial charge in [-0.1, -0.05) is 32.0 Å². The molecule has 2 aromatic carbocycles. The van der Waals surface area contributed by atoms with E-state index in [0.717, 1.165) is 18.4 Å². The van der Waals surface area contributed by atoms with Crippen LogP contribution in [-0.2, 0) is 17.5 Å². The maximum atomic E-state index is 14.2. The molecule has 0 aliphatic heterocycles. The van der Waals surface area contributed by atoms with Gasteiger partial charge in [-0.05, 0) is 78.8 Å². The fourth-order valence-corrected chi connectivity index (χ4v) is 6.53. The van der Waals surface area contributed by atoms with Crippen LogP contribution in [0.4, 0.5) is 26.3 Å². The van der Waals surface area contributed by atoms with Gasteiger partial charge >= 0.3 is 18.3 Å². The second-order valence-corrected chi connectivity index (χ2v) is 12.0. The van der Waals surface area contributed by atoms with E-state index < -0.39 is 47.2 Å². The summed E-state index contributed by atoms with van der Waals surface area (Å²) in [5.74, 6) is -3.01. The van der Waals surface area contributed by atoms with Crippen LogP contribution in [0.2, 0.25) is 0 Å². The number of alkyl halides is 6. The Hall–Kier alpha value is -2.49. The molecular formula is C29H33F6NO3. The summed E-state index contributed by atoms with van der Waals surface area (Å²) in [6.07, 6.45) is -7.34. The van der Waals surface area contributed by atoms with Crippen LogP contribution in [-0.4, -0.2) is 40.3 Å². The zero-order valence-corrected chi connectivity index (χ0v) is 21.9. The fraction of sp³-hybridized carbons (Fsp3) is 0.621. The van der Waals surface area contributed by atoms with Crippen molar-refractivity contribution in [1.82, 2.24) is 4.90 Å². The summed E-state index contributed by atoms with van der Waals surface area (Å²) < 4.78 is 87.4. The van der Waals surface area contributed by atoms with Crippen molar-refractivity contribution in [1.29, 1.82) is 0 Å². The van der Waals surface area contributed by atoms with E-state index in [0.29, 0.717) is 24.4 Å². The first-order chi connectivity index (χ1) is 18.2. The zero-order valence-electron chi connectivity index (χ0n) is 21.9. The normalized spacial score (nSPS) is 27.4. The van der Waals surface area contributed by atoms with Crippen LogP contribution in [0.25, 0.3) is 10.8 Å². The average molecular weight is 558 g/mol. The monoisotopic (exact) mass is 557 g/mol. The van der Waals surface area contributed by atoms with Gasteiger partial charge in [0.05, 0.1) is 17.9 Å². The second kappa shape index (κ2) is 9.85. The Kier molecular flexibility index (Phi) is 7.09. The number of nitrogens with zero attached hydrogens (tertiary/aromatic N) is 1. The lowest BCUT2D eigenvalue weighted by Gasteiger charge is -2.55. The lowest BCUT2D eigenvalue weighted by molar-refractivity contribution is -0.185. The summed E-state index contributed by atoms with van der Waals surface area (Å²) in [5, 5.41) is 9.92. The van der Waals surface area contributed by atoms with Gasteiger partial charge in [0.25, 0.3) is 0 Å². The predicted molar refractivity (Wildman–Crippen MR) is 133 cm³/mol. The van der Waals surface area contributed by atoms with E-state index in [1.54, 1.807) is 18.2 Å². The van der Waals surface area contributed by atoms with Crippen LogP contribution in [0.5, 0.6) is 5.75 Å². The smallest absolute Gasteiger partial charge is 0.420 e. The van der Waals surface area contributed by atoms with Crippen molar-refractivity contribution in [3.63, 3.8) is 0 Å². The summed E-state index contributed by atoms with van der Waals surface area (Å²) >= 11 is 0. The molecule has 3 aliphatic carbocycles. The SMILES string of the molecule is CC1(C)C(C(=O)O)CC1N(Cc1ccc2c(C(F)(F)F)c(O[C@H]3CC[C@@H](C(F)(F)F)CC3)ccc2c1)C1CC1. The molecule has 0 aromatic heterocycles. The van der Waals surface area contributed by atoms with E-state index >= 15 is 0 Å². The maximum Gasteiger partial charge on any atom is 0.420 e. The Morgan fingerprint density at radius 2 is 1.67 bits per heavy atom. The number of fused-ring (bicyclic) bond motifs is 1. The predicted octanol–water partition coefficient (Wildman–Crippen LogP) is 7.82. The molecule has 214 valence electrons. The summed E-state index contributed by atoms with van der Waals surface area (Å²) in [6, 6.07) is 8.11. The number of hydrogen-bond donors (Lipinski definition) is 1.